The normalized spacial score (nSPS) is 18.6. The van der Waals surface area contributed by atoms with E-state index in [1.165, 1.54) is 40.2 Å². The predicted molar refractivity (Wildman–Crippen MR) is 98.3 cm³/mol. The second-order valence-electron chi connectivity index (χ2n) is 6.79. The summed E-state index contributed by atoms with van der Waals surface area (Å²) in [7, 11) is 0. The Labute approximate surface area is 151 Å². The van der Waals surface area contributed by atoms with Crippen molar-refractivity contribution in [1.82, 2.24) is 0 Å². The molecule has 1 atom stereocenters. The lowest BCUT2D eigenvalue weighted by atomic mass is 9.99. The second-order valence-corrected chi connectivity index (χ2v) is 7.92. The minimum Gasteiger partial charge on any atom is -0.451 e. The van der Waals surface area contributed by atoms with E-state index in [4.69, 9.17) is 4.74 Å². The fourth-order valence-corrected chi connectivity index (χ4v) is 4.95. The highest BCUT2D eigenvalue weighted by atomic mass is 32.1. The molecule has 0 radical (unpaired) electrons. The lowest BCUT2D eigenvalue weighted by molar-refractivity contribution is -0.122. The maximum absolute atomic E-state index is 12.6. The number of rotatable bonds is 3. The summed E-state index contributed by atoms with van der Waals surface area (Å²) in [6, 6.07) is 9.95. The highest BCUT2D eigenvalue weighted by Gasteiger charge is 2.31. The molecule has 1 unspecified atom stereocenters. The summed E-state index contributed by atoms with van der Waals surface area (Å²) in [5, 5.41) is 0. The van der Waals surface area contributed by atoms with Crippen LogP contribution < -0.4 is 4.90 Å². The number of nitrogens with zero attached hydrogens (tertiary/aromatic N) is 1. The monoisotopic (exact) mass is 355 g/mol. The number of esters is 1. The van der Waals surface area contributed by atoms with Crippen LogP contribution in [0.5, 0.6) is 0 Å². The molecule has 1 amide bonds. The van der Waals surface area contributed by atoms with Crippen molar-refractivity contribution in [2.75, 3.05) is 11.5 Å². The Bertz CT molecular complexity index is 803. The molecule has 0 fully saturated rings. The number of benzene rings is 1. The Balaban J connectivity index is 1.42. The molecule has 2 aliphatic rings. The van der Waals surface area contributed by atoms with Crippen molar-refractivity contribution in [3.8, 4) is 0 Å². The van der Waals surface area contributed by atoms with Crippen molar-refractivity contribution in [3.63, 3.8) is 0 Å². The third-order valence-corrected chi connectivity index (χ3v) is 6.22. The number of para-hydroxylation sites is 1. The van der Waals surface area contributed by atoms with Gasteiger partial charge in [-0.1, -0.05) is 18.2 Å². The number of hydrogen-bond donors (Lipinski definition) is 0. The maximum Gasteiger partial charge on any atom is 0.348 e. The van der Waals surface area contributed by atoms with Crippen LogP contribution in [0.3, 0.4) is 0 Å². The van der Waals surface area contributed by atoms with E-state index in [0.717, 1.165) is 24.9 Å². The van der Waals surface area contributed by atoms with Crippen LogP contribution in [0.4, 0.5) is 5.69 Å². The summed E-state index contributed by atoms with van der Waals surface area (Å²) in [5.74, 6) is -0.542. The van der Waals surface area contributed by atoms with Gasteiger partial charge in [-0.25, -0.2) is 4.79 Å². The van der Waals surface area contributed by atoms with Gasteiger partial charge in [0.15, 0.2) is 6.61 Å². The molecule has 0 spiro atoms. The van der Waals surface area contributed by atoms with Crippen LogP contribution in [0.1, 0.15) is 45.4 Å². The molecule has 0 bridgehead atoms. The lowest BCUT2D eigenvalue weighted by Crippen LogP contribution is -2.38. The van der Waals surface area contributed by atoms with E-state index in [0.29, 0.717) is 4.88 Å². The Hall–Kier alpha value is -2.14. The topological polar surface area (TPSA) is 46.6 Å². The van der Waals surface area contributed by atoms with Crippen LogP contribution in [0.15, 0.2) is 30.3 Å². The van der Waals surface area contributed by atoms with Crippen molar-refractivity contribution >= 4 is 28.9 Å². The number of fused-ring (bicyclic) bond motifs is 2. The lowest BCUT2D eigenvalue weighted by Gasteiger charge is -2.22. The van der Waals surface area contributed by atoms with Crippen LogP contribution in [0, 0.1) is 0 Å². The number of hydrogen-bond acceptors (Lipinski definition) is 4. The molecule has 0 saturated carbocycles. The molecule has 4 nitrogen and oxygen atoms in total. The standard InChI is InChI=1S/C20H21NO3S/c1-13-10-14-6-2-4-8-16(14)21(13)19(22)12-24-20(23)18-11-15-7-3-5-9-17(15)25-18/h2,4,6,8,11,13H,3,5,7,9-10,12H2,1H3. The van der Waals surface area contributed by atoms with Gasteiger partial charge in [0, 0.05) is 16.6 Å². The largest absolute Gasteiger partial charge is 0.451 e. The predicted octanol–water partition coefficient (Wildman–Crippen LogP) is 3.76. The van der Waals surface area contributed by atoms with E-state index in [1.807, 2.05) is 37.3 Å². The number of thiophene rings is 1. The van der Waals surface area contributed by atoms with Gasteiger partial charge in [0.1, 0.15) is 4.88 Å². The second kappa shape index (κ2) is 6.64. The van der Waals surface area contributed by atoms with Crippen molar-refractivity contribution in [2.45, 2.75) is 45.1 Å². The summed E-state index contributed by atoms with van der Waals surface area (Å²) in [6.45, 7) is 1.81. The summed E-state index contributed by atoms with van der Waals surface area (Å²) in [6.07, 6.45) is 5.30. The van der Waals surface area contributed by atoms with Crippen molar-refractivity contribution in [2.24, 2.45) is 0 Å². The van der Waals surface area contributed by atoms with Gasteiger partial charge >= 0.3 is 5.97 Å². The number of aryl methyl sites for hydroxylation is 2. The minimum absolute atomic E-state index is 0.0950. The highest BCUT2D eigenvalue weighted by Crippen LogP contribution is 2.32. The Morgan fingerprint density at radius 2 is 2.00 bits per heavy atom. The summed E-state index contributed by atoms with van der Waals surface area (Å²) < 4.78 is 5.32. The molecule has 1 aromatic heterocycles. The molecule has 2 aromatic rings. The Morgan fingerprint density at radius 3 is 2.84 bits per heavy atom. The first kappa shape index (κ1) is 16.3. The van der Waals surface area contributed by atoms with E-state index >= 15 is 0 Å². The molecule has 1 aliphatic carbocycles. The van der Waals surface area contributed by atoms with Crippen LogP contribution in [0.2, 0.25) is 0 Å². The van der Waals surface area contributed by atoms with Gasteiger partial charge in [-0.3, -0.25) is 4.79 Å². The maximum atomic E-state index is 12.6. The molecular formula is C20H21NO3S. The first-order chi connectivity index (χ1) is 12.1. The summed E-state index contributed by atoms with van der Waals surface area (Å²) >= 11 is 1.52. The third-order valence-electron chi connectivity index (χ3n) is 5.00. The zero-order chi connectivity index (χ0) is 17.4. The molecule has 0 saturated heterocycles. The van der Waals surface area contributed by atoms with Crippen LogP contribution in [-0.4, -0.2) is 24.5 Å². The summed E-state index contributed by atoms with van der Waals surface area (Å²) in [4.78, 5) is 28.6. The zero-order valence-electron chi connectivity index (χ0n) is 14.3. The molecule has 1 aromatic carbocycles. The van der Waals surface area contributed by atoms with Crippen LogP contribution >= 0.6 is 11.3 Å². The molecule has 0 N–H and O–H groups in total. The minimum atomic E-state index is -0.382. The van der Waals surface area contributed by atoms with Crippen LogP contribution in [-0.2, 0) is 28.8 Å². The van der Waals surface area contributed by atoms with Gasteiger partial charge in [-0.15, -0.1) is 11.3 Å². The number of carbonyl (C=O) groups is 2. The van der Waals surface area contributed by atoms with Gasteiger partial charge in [0.25, 0.3) is 5.91 Å². The molecule has 5 heteroatoms. The molecule has 130 valence electrons. The van der Waals surface area contributed by atoms with Crippen LogP contribution in [0.25, 0.3) is 0 Å². The van der Waals surface area contributed by atoms with E-state index < -0.39 is 0 Å². The average Bonchev–Trinajstić information content (AvgIpc) is 3.19. The number of anilines is 1. The van der Waals surface area contributed by atoms with E-state index in [1.54, 1.807) is 4.90 Å². The molecule has 2 heterocycles. The SMILES string of the molecule is CC1Cc2ccccc2N1C(=O)COC(=O)c1cc2c(s1)CCCC2. The third kappa shape index (κ3) is 3.09. The van der Waals surface area contributed by atoms with Crippen molar-refractivity contribution in [1.29, 1.82) is 0 Å². The average molecular weight is 355 g/mol. The molecule has 25 heavy (non-hydrogen) atoms. The van der Waals surface area contributed by atoms with Gasteiger partial charge < -0.3 is 9.64 Å². The molecular weight excluding hydrogens is 334 g/mol. The van der Waals surface area contributed by atoms with Gasteiger partial charge in [-0.2, -0.15) is 0 Å². The highest BCUT2D eigenvalue weighted by molar-refractivity contribution is 7.14. The fraction of sp³-hybridized carbons (Fsp3) is 0.400. The van der Waals surface area contributed by atoms with E-state index in [2.05, 4.69) is 0 Å². The van der Waals surface area contributed by atoms with Crippen molar-refractivity contribution < 1.29 is 14.3 Å². The van der Waals surface area contributed by atoms with E-state index in [9.17, 15) is 9.59 Å². The van der Waals surface area contributed by atoms with Crippen molar-refractivity contribution in [3.05, 3.63) is 51.2 Å². The quantitative estimate of drug-likeness (QED) is 0.788. The Kier molecular flexibility index (Phi) is 4.34. The van der Waals surface area contributed by atoms with Gasteiger partial charge in [-0.05, 0) is 62.3 Å². The molecule has 1 aliphatic heterocycles. The number of amides is 1. The van der Waals surface area contributed by atoms with Gasteiger partial charge in [0.05, 0.1) is 0 Å². The van der Waals surface area contributed by atoms with Gasteiger partial charge in [0.2, 0.25) is 0 Å². The zero-order valence-corrected chi connectivity index (χ0v) is 15.1. The summed E-state index contributed by atoms with van der Waals surface area (Å²) in [5.41, 5.74) is 3.37. The smallest absolute Gasteiger partial charge is 0.348 e. The fourth-order valence-electron chi connectivity index (χ4n) is 3.80. The molecule has 4 rings (SSSR count). The van der Waals surface area contributed by atoms with E-state index in [-0.39, 0.29) is 24.5 Å². The first-order valence-corrected chi connectivity index (χ1v) is 9.64. The first-order valence-electron chi connectivity index (χ1n) is 8.82. The number of ether oxygens (including phenoxy) is 1. The Morgan fingerprint density at radius 1 is 1.20 bits per heavy atom. The number of carbonyl (C=O) groups excluding carboxylic acids is 2.